The minimum Gasteiger partial charge on any atom is -0.510 e. The molecule has 2 N–H and O–H groups in total. The van der Waals surface area contributed by atoms with E-state index in [0.717, 1.165) is 22.6 Å². The van der Waals surface area contributed by atoms with Gasteiger partial charge in [0.1, 0.15) is 22.4 Å². The smallest absolute Gasteiger partial charge is 0.161 e. The van der Waals surface area contributed by atoms with Crippen LogP contribution in [0.25, 0.3) is 16.8 Å². The Labute approximate surface area is 184 Å². The van der Waals surface area contributed by atoms with Crippen LogP contribution in [-0.4, -0.2) is 48.7 Å². The van der Waals surface area contributed by atoms with E-state index in [-0.39, 0.29) is 18.1 Å². The molecule has 0 aliphatic carbocycles. The van der Waals surface area contributed by atoms with Crippen LogP contribution in [-0.2, 0) is 6.54 Å². The van der Waals surface area contributed by atoms with E-state index in [2.05, 4.69) is 4.98 Å². The molecule has 160 valence electrons. The third-order valence-electron chi connectivity index (χ3n) is 5.11. The van der Waals surface area contributed by atoms with Crippen LogP contribution in [0.1, 0.15) is 10.6 Å². The summed E-state index contributed by atoms with van der Waals surface area (Å²) in [4.78, 5) is 6.50. The lowest BCUT2D eigenvalue weighted by molar-refractivity contribution is 0.346. The molecule has 1 aliphatic rings. The van der Waals surface area contributed by atoms with Gasteiger partial charge in [0.15, 0.2) is 11.5 Å². The van der Waals surface area contributed by atoms with E-state index in [9.17, 15) is 5.11 Å². The van der Waals surface area contributed by atoms with Crippen LogP contribution < -0.4 is 14.2 Å². The normalized spacial score (nSPS) is 13.6. The first-order chi connectivity index (χ1) is 15.0. The zero-order chi connectivity index (χ0) is 22.0. The highest BCUT2D eigenvalue weighted by Crippen LogP contribution is 2.36. The molecule has 0 spiro atoms. The summed E-state index contributed by atoms with van der Waals surface area (Å²) in [7, 11) is 4.81. The van der Waals surface area contributed by atoms with Gasteiger partial charge in [-0.25, -0.2) is 4.98 Å². The van der Waals surface area contributed by atoms with Crippen LogP contribution in [0.2, 0.25) is 0 Å². The molecule has 4 rings (SSSR count). The first kappa shape index (κ1) is 20.7. The Morgan fingerprint density at radius 2 is 1.77 bits per heavy atom. The van der Waals surface area contributed by atoms with Crippen molar-refractivity contribution in [2.24, 2.45) is 0 Å². The van der Waals surface area contributed by atoms with E-state index >= 15 is 0 Å². The predicted octanol–water partition coefficient (Wildman–Crippen LogP) is 4.60. The van der Waals surface area contributed by atoms with Gasteiger partial charge in [0.25, 0.3) is 0 Å². The van der Waals surface area contributed by atoms with Gasteiger partial charge in [-0.05, 0) is 35.9 Å². The quantitative estimate of drug-likeness (QED) is 0.562. The molecule has 3 aromatic rings. The molecule has 1 aliphatic heterocycles. The summed E-state index contributed by atoms with van der Waals surface area (Å²) in [5.41, 5.74) is 3.14. The zero-order valence-electron chi connectivity index (χ0n) is 17.5. The Hall–Kier alpha value is -3.52. The summed E-state index contributed by atoms with van der Waals surface area (Å²) < 4.78 is 15.9. The van der Waals surface area contributed by atoms with Gasteiger partial charge in [-0.2, -0.15) is 0 Å². The summed E-state index contributed by atoms with van der Waals surface area (Å²) in [6.45, 7) is 0.801. The number of aromatic nitrogens is 1. The second-order valence-corrected chi connectivity index (χ2v) is 7.84. The lowest BCUT2D eigenvalue weighted by atomic mass is 10.1. The van der Waals surface area contributed by atoms with E-state index in [1.165, 1.54) is 11.3 Å². The van der Waals surface area contributed by atoms with Crippen LogP contribution in [0.15, 0.2) is 53.6 Å². The molecule has 2 heterocycles. The van der Waals surface area contributed by atoms with Gasteiger partial charge in [-0.3, -0.25) is 5.41 Å². The second-order valence-electron chi connectivity index (χ2n) is 6.98. The lowest BCUT2D eigenvalue weighted by Crippen LogP contribution is -2.26. The average Bonchev–Trinajstić information content (AvgIpc) is 3.38. The summed E-state index contributed by atoms with van der Waals surface area (Å²) in [6, 6.07) is 13.3. The third kappa shape index (κ3) is 4.06. The molecule has 0 amide bonds. The minimum absolute atomic E-state index is 0.159. The number of benzene rings is 2. The van der Waals surface area contributed by atoms with Crippen molar-refractivity contribution in [3.05, 3.63) is 64.2 Å². The summed E-state index contributed by atoms with van der Waals surface area (Å²) >= 11 is 1.40. The number of aliphatic hydroxyl groups excluding tert-OH is 1. The molecule has 1 aromatic heterocycles. The van der Waals surface area contributed by atoms with Crippen molar-refractivity contribution in [1.29, 1.82) is 5.41 Å². The maximum atomic E-state index is 10.6. The van der Waals surface area contributed by atoms with Crippen LogP contribution in [0.4, 0.5) is 0 Å². The number of thiazole rings is 1. The molecule has 0 unspecified atom stereocenters. The minimum atomic E-state index is 0.159. The van der Waals surface area contributed by atoms with Crippen molar-refractivity contribution < 1.29 is 19.3 Å². The Morgan fingerprint density at radius 3 is 2.45 bits per heavy atom. The number of nitrogens with one attached hydrogen (secondary N) is 1. The molecule has 0 fully saturated rings. The van der Waals surface area contributed by atoms with Gasteiger partial charge in [0.2, 0.25) is 0 Å². The van der Waals surface area contributed by atoms with Gasteiger partial charge < -0.3 is 24.2 Å². The number of nitrogens with zero attached hydrogens (tertiary/aromatic N) is 2. The average molecular weight is 438 g/mol. The number of methoxy groups -OCH3 is 3. The van der Waals surface area contributed by atoms with Crippen molar-refractivity contribution in [3.63, 3.8) is 0 Å². The standard InChI is InChI=1S/C23H23N3O4S/c1-28-16-7-4-14(5-8-16)11-26-12-18(27)21(22(26)24)23-25-17(13-31-23)15-6-9-19(29-2)20(10-15)30-3/h4-10,13,24,27H,11-12H2,1-3H3. The third-order valence-corrected chi connectivity index (χ3v) is 5.97. The number of ether oxygens (including phenoxy) is 3. The largest absolute Gasteiger partial charge is 0.510 e. The van der Waals surface area contributed by atoms with E-state index in [1.54, 1.807) is 21.3 Å². The Bertz CT molecular complexity index is 1140. The van der Waals surface area contributed by atoms with Gasteiger partial charge in [0, 0.05) is 17.5 Å². The maximum absolute atomic E-state index is 10.6. The van der Waals surface area contributed by atoms with Gasteiger partial charge >= 0.3 is 0 Å². The number of hydrogen-bond donors (Lipinski definition) is 2. The monoisotopic (exact) mass is 437 g/mol. The highest BCUT2D eigenvalue weighted by Gasteiger charge is 2.30. The lowest BCUT2D eigenvalue weighted by Gasteiger charge is -2.18. The van der Waals surface area contributed by atoms with Crippen molar-refractivity contribution in [1.82, 2.24) is 9.88 Å². The molecule has 0 saturated carbocycles. The van der Waals surface area contributed by atoms with E-state index in [4.69, 9.17) is 19.6 Å². The van der Waals surface area contributed by atoms with Crippen LogP contribution >= 0.6 is 11.3 Å². The molecule has 31 heavy (non-hydrogen) atoms. The number of hydrogen-bond acceptors (Lipinski definition) is 7. The van der Waals surface area contributed by atoms with Crippen LogP contribution in [0.3, 0.4) is 0 Å². The van der Waals surface area contributed by atoms with Crippen molar-refractivity contribution in [2.75, 3.05) is 27.9 Å². The number of rotatable bonds is 7. The molecular formula is C23H23N3O4S. The second kappa shape index (κ2) is 8.69. The molecule has 0 bridgehead atoms. The maximum Gasteiger partial charge on any atom is 0.161 e. The SMILES string of the molecule is COc1ccc(CN2CC(O)=C(c3nc(-c4ccc(OC)c(OC)c4)cs3)C2=N)cc1. The molecule has 7 nitrogen and oxygen atoms in total. The zero-order valence-corrected chi connectivity index (χ0v) is 18.3. The number of amidine groups is 1. The van der Waals surface area contributed by atoms with Crippen LogP contribution in [0.5, 0.6) is 17.2 Å². The van der Waals surface area contributed by atoms with Crippen molar-refractivity contribution in [3.8, 4) is 28.5 Å². The van der Waals surface area contributed by atoms with Gasteiger partial charge in [-0.15, -0.1) is 11.3 Å². The fourth-order valence-electron chi connectivity index (χ4n) is 3.46. The molecule has 0 atom stereocenters. The summed E-state index contributed by atoms with van der Waals surface area (Å²) in [5.74, 6) is 2.48. The highest BCUT2D eigenvalue weighted by atomic mass is 32.1. The molecule has 0 radical (unpaired) electrons. The Morgan fingerprint density at radius 1 is 1.03 bits per heavy atom. The fraction of sp³-hybridized carbons (Fsp3) is 0.217. The first-order valence-electron chi connectivity index (χ1n) is 9.61. The Kier molecular flexibility index (Phi) is 5.81. The fourth-order valence-corrected chi connectivity index (χ4v) is 4.36. The summed E-state index contributed by atoms with van der Waals surface area (Å²) in [5, 5.41) is 21.7. The van der Waals surface area contributed by atoms with Crippen molar-refractivity contribution >= 4 is 22.7 Å². The van der Waals surface area contributed by atoms with Gasteiger partial charge in [0.05, 0.1) is 39.1 Å². The molecule has 0 saturated heterocycles. The van der Waals surface area contributed by atoms with Crippen molar-refractivity contribution in [2.45, 2.75) is 6.54 Å². The van der Waals surface area contributed by atoms with Gasteiger partial charge in [-0.1, -0.05) is 12.1 Å². The first-order valence-corrected chi connectivity index (χ1v) is 10.5. The topological polar surface area (TPSA) is 87.9 Å². The summed E-state index contributed by atoms with van der Waals surface area (Å²) in [6.07, 6.45) is 0. The van der Waals surface area contributed by atoms with Crippen LogP contribution in [0, 0.1) is 5.41 Å². The molecule has 2 aromatic carbocycles. The molecular weight excluding hydrogens is 414 g/mol. The van der Waals surface area contributed by atoms with E-state index < -0.39 is 0 Å². The predicted molar refractivity (Wildman–Crippen MR) is 121 cm³/mol. The number of aliphatic hydroxyl groups is 1. The Balaban J connectivity index is 1.54. The molecule has 8 heteroatoms. The van der Waals surface area contributed by atoms with E-state index in [1.807, 2.05) is 52.7 Å². The highest BCUT2D eigenvalue weighted by molar-refractivity contribution is 7.11. The van der Waals surface area contributed by atoms with E-state index in [0.29, 0.717) is 28.6 Å².